The summed E-state index contributed by atoms with van der Waals surface area (Å²) in [7, 11) is 0. The molecule has 0 fully saturated rings. The number of aromatic nitrogens is 2. The van der Waals surface area contributed by atoms with Gasteiger partial charge in [-0.25, -0.2) is 13.2 Å². The van der Waals surface area contributed by atoms with Crippen molar-refractivity contribution in [3.63, 3.8) is 0 Å². The fourth-order valence-electron chi connectivity index (χ4n) is 2.03. The number of hydrogen-bond acceptors (Lipinski definition) is 1. The normalized spacial score (nSPS) is 11.0. The minimum absolute atomic E-state index is 0.337. The van der Waals surface area contributed by atoms with Crippen LogP contribution in [0.4, 0.5) is 13.2 Å². The third-order valence-electron chi connectivity index (χ3n) is 3.08. The van der Waals surface area contributed by atoms with Crippen LogP contribution >= 0.6 is 0 Å². The third-order valence-corrected chi connectivity index (χ3v) is 3.08. The molecular formula is C14H15F3N2. The highest BCUT2D eigenvalue weighted by molar-refractivity contribution is 5.28. The van der Waals surface area contributed by atoms with E-state index in [1.807, 2.05) is 18.5 Å². The smallest absolute Gasteiger partial charge is 0.194 e. The first-order valence-electron chi connectivity index (χ1n) is 6.17. The van der Waals surface area contributed by atoms with Crippen LogP contribution in [0.5, 0.6) is 0 Å². The highest BCUT2D eigenvalue weighted by atomic mass is 19.2. The summed E-state index contributed by atoms with van der Waals surface area (Å²) >= 11 is 0. The Bertz CT molecular complexity index is 567. The van der Waals surface area contributed by atoms with Gasteiger partial charge in [0, 0.05) is 18.7 Å². The van der Waals surface area contributed by atoms with E-state index in [2.05, 4.69) is 5.10 Å². The van der Waals surface area contributed by atoms with Gasteiger partial charge in [0.1, 0.15) is 0 Å². The molecule has 5 heteroatoms. The molecule has 0 spiro atoms. The number of rotatable bonds is 4. The molecule has 0 saturated heterocycles. The van der Waals surface area contributed by atoms with Crippen molar-refractivity contribution < 1.29 is 13.2 Å². The van der Waals surface area contributed by atoms with Crippen molar-refractivity contribution in [2.45, 2.75) is 33.2 Å². The Morgan fingerprint density at radius 3 is 2.37 bits per heavy atom. The molecule has 0 N–H and O–H groups in total. The van der Waals surface area contributed by atoms with Gasteiger partial charge in [-0.2, -0.15) is 5.10 Å². The largest absolute Gasteiger partial charge is 0.270 e. The number of halogens is 3. The van der Waals surface area contributed by atoms with E-state index in [-0.39, 0.29) is 0 Å². The first kappa shape index (κ1) is 13.6. The Morgan fingerprint density at radius 1 is 1.16 bits per heavy atom. The molecule has 0 aliphatic rings. The van der Waals surface area contributed by atoms with Crippen LogP contribution in [0.3, 0.4) is 0 Å². The van der Waals surface area contributed by atoms with E-state index >= 15 is 0 Å². The lowest BCUT2D eigenvalue weighted by atomic mass is 10.1. The Hall–Kier alpha value is -1.78. The van der Waals surface area contributed by atoms with Gasteiger partial charge in [0.15, 0.2) is 17.5 Å². The first-order chi connectivity index (χ1) is 9.02. The van der Waals surface area contributed by atoms with Gasteiger partial charge >= 0.3 is 0 Å². The van der Waals surface area contributed by atoms with Crippen molar-refractivity contribution in [3.8, 4) is 0 Å². The van der Waals surface area contributed by atoms with Crippen molar-refractivity contribution in [1.82, 2.24) is 9.78 Å². The summed E-state index contributed by atoms with van der Waals surface area (Å²) in [5, 5.41) is 4.22. The summed E-state index contributed by atoms with van der Waals surface area (Å²) in [6, 6.07) is 2.05. The maximum atomic E-state index is 13.1. The summed E-state index contributed by atoms with van der Waals surface area (Å²) in [6.45, 7) is 4.76. The maximum absolute atomic E-state index is 13.1. The number of nitrogens with zero attached hydrogens (tertiary/aromatic N) is 2. The van der Waals surface area contributed by atoms with E-state index in [1.54, 1.807) is 6.20 Å². The van der Waals surface area contributed by atoms with Crippen LogP contribution in [-0.2, 0) is 13.0 Å². The van der Waals surface area contributed by atoms with Crippen LogP contribution in [0.15, 0.2) is 18.3 Å². The zero-order valence-corrected chi connectivity index (χ0v) is 10.9. The first-order valence-corrected chi connectivity index (χ1v) is 6.17. The van der Waals surface area contributed by atoms with E-state index in [0.29, 0.717) is 12.0 Å². The molecule has 1 aromatic carbocycles. The van der Waals surface area contributed by atoms with E-state index < -0.39 is 17.5 Å². The topological polar surface area (TPSA) is 17.8 Å². The lowest BCUT2D eigenvalue weighted by molar-refractivity contribution is 0.445. The molecule has 1 aromatic heterocycles. The minimum atomic E-state index is -1.43. The summed E-state index contributed by atoms with van der Waals surface area (Å²) in [4.78, 5) is 0. The van der Waals surface area contributed by atoms with Crippen LogP contribution in [0.25, 0.3) is 0 Å². The molecular weight excluding hydrogens is 253 g/mol. The van der Waals surface area contributed by atoms with Crippen molar-refractivity contribution in [3.05, 3.63) is 52.6 Å². The second-order valence-electron chi connectivity index (χ2n) is 4.53. The van der Waals surface area contributed by atoms with Crippen LogP contribution < -0.4 is 0 Å². The summed E-state index contributed by atoms with van der Waals surface area (Å²) in [6.07, 6.45) is 2.98. The summed E-state index contributed by atoms with van der Waals surface area (Å²) in [5.74, 6) is -3.75. The van der Waals surface area contributed by atoms with Gasteiger partial charge in [0.2, 0.25) is 0 Å². The van der Waals surface area contributed by atoms with Gasteiger partial charge in [-0.1, -0.05) is 6.92 Å². The molecule has 2 aromatic rings. The zero-order chi connectivity index (χ0) is 14.0. The summed E-state index contributed by atoms with van der Waals surface area (Å²) in [5.41, 5.74) is 2.25. The van der Waals surface area contributed by atoms with Crippen molar-refractivity contribution in [2.75, 3.05) is 0 Å². The lowest BCUT2D eigenvalue weighted by Gasteiger charge is -2.05. The van der Waals surface area contributed by atoms with Gasteiger partial charge in [0.25, 0.3) is 0 Å². The van der Waals surface area contributed by atoms with Crippen molar-refractivity contribution in [1.29, 1.82) is 0 Å². The Balaban J connectivity index is 2.26. The monoisotopic (exact) mass is 268 g/mol. The molecule has 0 atom stereocenters. The van der Waals surface area contributed by atoms with E-state index in [4.69, 9.17) is 0 Å². The second-order valence-corrected chi connectivity index (χ2v) is 4.53. The molecule has 0 radical (unpaired) electrons. The third kappa shape index (κ3) is 2.80. The number of benzene rings is 1. The fourth-order valence-corrected chi connectivity index (χ4v) is 2.03. The predicted molar refractivity (Wildman–Crippen MR) is 66.4 cm³/mol. The molecule has 1 heterocycles. The molecule has 0 saturated carbocycles. The highest BCUT2D eigenvalue weighted by Gasteiger charge is 2.13. The van der Waals surface area contributed by atoms with Crippen LogP contribution in [0.1, 0.15) is 30.2 Å². The fraction of sp³-hybridized carbons (Fsp3) is 0.357. The van der Waals surface area contributed by atoms with Gasteiger partial charge < -0.3 is 0 Å². The number of aryl methyl sites for hydroxylation is 1. The van der Waals surface area contributed by atoms with Crippen molar-refractivity contribution >= 4 is 0 Å². The van der Waals surface area contributed by atoms with Gasteiger partial charge in [-0.3, -0.25) is 4.68 Å². The number of hydrogen-bond donors (Lipinski definition) is 0. The van der Waals surface area contributed by atoms with Gasteiger partial charge in [0.05, 0.1) is 6.20 Å². The highest BCUT2D eigenvalue weighted by Crippen LogP contribution is 2.18. The molecule has 0 amide bonds. The molecule has 0 aliphatic heterocycles. The van der Waals surface area contributed by atoms with Crippen LogP contribution in [0.2, 0.25) is 0 Å². The Kier molecular flexibility index (Phi) is 3.93. The quantitative estimate of drug-likeness (QED) is 0.774. The lowest BCUT2D eigenvalue weighted by Crippen LogP contribution is -2.02. The SMILES string of the molecule is CCCn1ncc(Cc2cc(F)c(F)c(F)c2)c1C. The zero-order valence-electron chi connectivity index (χ0n) is 10.9. The van der Waals surface area contributed by atoms with Gasteiger partial charge in [-0.15, -0.1) is 0 Å². The second kappa shape index (κ2) is 5.47. The Labute approximate surface area is 109 Å². The average molecular weight is 268 g/mol. The van der Waals surface area contributed by atoms with Gasteiger partial charge in [-0.05, 0) is 36.6 Å². The molecule has 19 heavy (non-hydrogen) atoms. The molecule has 0 bridgehead atoms. The molecule has 0 unspecified atom stereocenters. The molecule has 2 rings (SSSR count). The van der Waals surface area contributed by atoms with E-state index in [1.165, 1.54) is 0 Å². The standard InChI is InChI=1S/C14H15F3N2/c1-3-4-19-9(2)11(8-18-19)5-10-6-12(15)14(17)13(16)7-10/h6-8H,3-5H2,1-2H3. The molecule has 0 aliphatic carbocycles. The van der Waals surface area contributed by atoms with Crippen molar-refractivity contribution in [2.24, 2.45) is 0 Å². The predicted octanol–water partition coefficient (Wildman–Crippen LogP) is 3.61. The van der Waals surface area contributed by atoms with Crippen LogP contribution in [-0.4, -0.2) is 9.78 Å². The van der Waals surface area contributed by atoms with E-state index in [0.717, 1.165) is 36.4 Å². The molecule has 102 valence electrons. The Morgan fingerprint density at radius 2 is 1.79 bits per heavy atom. The summed E-state index contributed by atoms with van der Waals surface area (Å²) < 4.78 is 41.0. The average Bonchev–Trinajstić information content (AvgIpc) is 2.69. The van der Waals surface area contributed by atoms with E-state index in [9.17, 15) is 13.2 Å². The minimum Gasteiger partial charge on any atom is -0.270 e. The van der Waals surface area contributed by atoms with Crippen LogP contribution in [0, 0.1) is 24.4 Å². The molecule has 2 nitrogen and oxygen atoms in total. The maximum Gasteiger partial charge on any atom is 0.194 e.